The zero-order chi connectivity index (χ0) is 0. The Kier molecular flexibility index (Phi) is 9320. The van der Waals surface area contributed by atoms with Crippen LogP contribution in [0.4, 0.5) is 0 Å². The molecule has 0 rings (SSSR count). The molecule has 0 aliphatic heterocycles. The Balaban J connectivity index is 0. The van der Waals surface area contributed by atoms with E-state index in [-0.39, 0.29) is 1350 Å². The third-order valence-electron chi connectivity index (χ3n) is 0. The van der Waals surface area contributed by atoms with E-state index in [9.17, 15) is 0 Å². The molecule has 0 aromatic carbocycles. The van der Waals surface area contributed by atoms with Crippen LogP contribution in [0.5, 0.6) is 0 Å². The summed E-state index contributed by atoms with van der Waals surface area (Å²) in [7, 11) is 0. The predicted octanol–water partition coefficient (Wildman–Crippen LogP) is -0.183. The molecule has 0 heterocycles. The number of hydrogen-bond donors (Lipinski definition) is 0. The van der Waals surface area contributed by atoms with Gasteiger partial charge in [0.25, 0.3) is 0 Å². The van der Waals surface area contributed by atoms with Crippen LogP contribution in [-0.2, 0) is 1350 Å². The van der Waals surface area contributed by atoms with Crippen molar-refractivity contribution in [3.8, 4) is 0 Å². The van der Waals surface area contributed by atoms with E-state index in [1.54, 1.807) is 0 Å². The van der Waals surface area contributed by atoms with Crippen molar-refractivity contribution in [2.24, 2.45) is 0 Å². The average molecular weight is 3720 g/mol. The molecule has 73 radical (unpaired) electrons. The molecule has 0 N–H and O–H groups in total. The van der Waals surface area contributed by atoms with Crippen LogP contribution in [0.25, 0.3) is 0 Å². The summed E-state index contributed by atoms with van der Waals surface area (Å²) in [5.41, 5.74) is 0. The first-order chi connectivity index (χ1) is 0. The van der Waals surface area contributed by atoms with Gasteiger partial charge in [-0.2, -0.15) is 0 Å². The summed E-state index contributed by atoms with van der Waals surface area (Å²) < 4.78 is 0. The minimum absolute atomic E-state index is 0. The summed E-state index contributed by atoms with van der Waals surface area (Å²) in [6.07, 6.45) is 0. The van der Waals surface area contributed by atoms with Crippen molar-refractivity contribution in [1.82, 2.24) is 0 Å². The van der Waals surface area contributed by atoms with Gasteiger partial charge in [-0.25, -0.2) is 0 Å². The molecular formula is V73. The van der Waals surface area contributed by atoms with E-state index in [0.717, 1.165) is 0 Å². The van der Waals surface area contributed by atoms with Crippen LogP contribution in [0.3, 0.4) is 0 Å². The quantitative estimate of drug-likeness (QED) is 0.317. The first-order valence-corrected chi connectivity index (χ1v) is 0. The van der Waals surface area contributed by atoms with Gasteiger partial charge in [-0.15, -0.1) is 0 Å². The third-order valence-corrected chi connectivity index (χ3v) is 0. The Hall–Kier alpha value is 42.7. The van der Waals surface area contributed by atoms with Crippen molar-refractivity contribution in [3.05, 3.63) is 0 Å². The zero-order valence-corrected chi connectivity index (χ0v) is 135. The molecule has 0 fully saturated rings. The van der Waals surface area contributed by atoms with Crippen molar-refractivity contribution < 1.29 is 1350 Å². The van der Waals surface area contributed by atoms with Crippen molar-refractivity contribution >= 4 is 0 Å². The topological polar surface area (TPSA) is 0 Å². The van der Waals surface area contributed by atoms with Crippen molar-refractivity contribution in [1.29, 1.82) is 0 Å². The SMILES string of the molecule is [V].[V].[V].[V].[V].[V].[V].[V].[V].[V].[V].[V].[V].[V].[V].[V].[V].[V].[V].[V].[V].[V].[V].[V].[V].[V].[V].[V].[V].[V].[V].[V].[V].[V].[V].[V].[V].[V].[V].[V].[V].[V].[V].[V].[V].[V].[V].[V].[V].[V].[V].[V].[V].[V].[V].[V].[V].[V].[V].[V].[V].[V].[V].[V].[V].[V].[V].[V].[V].[V].[V].[V].[V]. The number of hydrogen-bond acceptors (Lipinski definition) is 0. The van der Waals surface area contributed by atoms with E-state index in [4.69, 9.17) is 0 Å². The molecule has 0 amide bonds. The second kappa shape index (κ2) is 814. The second-order valence-corrected chi connectivity index (χ2v) is 0. The predicted molar refractivity (Wildman–Crippen MR) is 0 cm³/mol. The van der Waals surface area contributed by atoms with Gasteiger partial charge in [-0.05, 0) is 0 Å². The van der Waals surface area contributed by atoms with Gasteiger partial charge in [0.05, 0.1) is 0 Å². The largest absolute Gasteiger partial charge is 0 e. The van der Waals surface area contributed by atoms with Crippen LogP contribution in [0.15, 0.2) is 0 Å². The van der Waals surface area contributed by atoms with Crippen LogP contribution in [0.1, 0.15) is 0 Å². The Morgan fingerprint density at radius 2 is 0.0137 bits per heavy atom. The smallest absolute Gasteiger partial charge is 0 e. The van der Waals surface area contributed by atoms with Crippen LogP contribution in [0, 0.1) is 0 Å². The zero-order valence-electron chi connectivity index (χ0n) is 32.6. The fourth-order valence-corrected chi connectivity index (χ4v) is 0. The molecule has 0 saturated carbocycles. The van der Waals surface area contributed by atoms with Gasteiger partial charge in [0.2, 0.25) is 0 Å². The first kappa shape index (κ1) is 835. The minimum Gasteiger partial charge on any atom is 0 e. The van der Waals surface area contributed by atoms with Crippen LogP contribution >= 0.6 is 0 Å². The number of rotatable bonds is 0. The van der Waals surface area contributed by atoms with Crippen molar-refractivity contribution in [2.45, 2.75) is 0 Å². The molecule has 0 saturated heterocycles. The maximum Gasteiger partial charge on any atom is 0 e. The van der Waals surface area contributed by atoms with Gasteiger partial charge in [0.1, 0.15) is 0 Å². The van der Waals surface area contributed by atoms with E-state index in [2.05, 4.69) is 0 Å². The Bertz CT molecular complexity index is 0. The van der Waals surface area contributed by atoms with Gasteiger partial charge in [-0.3, -0.25) is 0 Å². The molecule has 0 aliphatic rings. The Morgan fingerprint density at radius 1 is 0.0137 bits per heavy atom. The van der Waals surface area contributed by atoms with E-state index in [1.807, 2.05) is 0 Å². The maximum atomic E-state index is 0. The molecule has 0 atom stereocenters. The van der Waals surface area contributed by atoms with Crippen LogP contribution in [0.2, 0.25) is 0 Å². The molecule has 0 bridgehead atoms. The summed E-state index contributed by atoms with van der Waals surface area (Å²) >= 11 is 0. The molecule has 73 heteroatoms. The molecule has 365 valence electrons. The fourth-order valence-electron chi connectivity index (χ4n) is 0. The van der Waals surface area contributed by atoms with Gasteiger partial charge in [0, 0.05) is 1350 Å². The second-order valence-electron chi connectivity index (χ2n) is 0. The van der Waals surface area contributed by atoms with Gasteiger partial charge < -0.3 is 0 Å². The van der Waals surface area contributed by atoms with Crippen LogP contribution < -0.4 is 0 Å². The summed E-state index contributed by atoms with van der Waals surface area (Å²) in [5.74, 6) is 0. The van der Waals surface area contributed by atoms with E-state index < -0.39 is 0 Å². The van der Waals surface area contributed by atoms with E-state index >= 15 is 0 Å². The van der Waals surface area contributed by atoms with Crippen molar-refractivity contribution in [3.63, 3.8) is 0 Å². The van der Waals surface area contributed by atoms with Crippen molar-refractivity contribution in [2.75, 3.05) is 0 Å². The minimum atomic E-state index is 0. The summed E-state index contributed by atoms with van der Waals surface area (Å²) in [5, 5.41) is 0. The Labute approximate surface area is 1320 Å². The van der Waals surface area contributed by atoms with Gasteiger partial charge in [-0.1, -0.05) is 0 Å². The molecular weight excluding hydrogens is 3720 g/mol. The average Bonchev–Trinajstić information content (AvgIpc) is 0. The Morgan fingerprint density at radius 3 is 0.0137 bits per heavy atom. The summed E-state index contributed by atoms with van der Waals surface area (Å²) in [6.45, 7) is 0. The van der Waals surface area contributed by atoms with Gasteiger partial charge in [0.15, 0.2) is 0 Å². The molecule has 0 nitrogen and oxygen atoms in total. The normalized spacial score (nSPS) is 0. The molecule has 0 aromatic heterocycles. The maximum absolute atomic E-state index is 0. The fraction of sp³-hybridized carbons (Fsp3) is 0. The van der Waals surface area contributed by atoms with E-state index in [1.165, 1.54) is 0 Å². The van der Waals surface area contributed by atoms with Crippen LogP contribution in [-0.4, -0.2) is 0 Å². The molecule has 0 aromatic rings. The molecule has 0 unspecified atom stereocenters. The molecule has 0 spiro atoms. The summed E-state index contributed by atoms with van der Waals surface area (Å²) in [6, 6.07) is 0. The van der Waals surface area contributed by atoms with E-state index in [0.29, 0.717) is 0 Å². The van der Waals surface area contributed by atoms with Gasteiger partial charge >= 0.3 is 0 Å². The monoisotopic (exact) mass is 3720 g/mol. The summed E-state index contributed by atoms with van der Waals surface area (Å²) in [4.78, 5) is 0. The first-order valence-electron chi connectivity index (χ1n) is 0. The standard InChI is InChI=1S/73V. The molecule has 73 heavy (non-hydrogen) atoms. The molecule has 0 aliphatic carbocycles. The third kappa shape index (κ3) is 800.